The number of allylic oxidation sites excluding steroid dienone is 3. The van der Waals surface area contributed by atoms with Crippen LogP contribution < -0.4 is 15.5 Å². The molecule has 2 aliphatic rings. The molecule has 0 radical (unpaired) electrons. The lowest BCUT2D eigenvalue weighted by Gasteiger charge is -2.30. The topological polar surface area (TPSA) is 51.1 Å². The van der Waals surface area contributed by atoms with E-state index in [0.717, 1.165) is 30.0 Å². The third kappa shape index (κ3) is 3.28. The van der Waals surface area contributed by atoms with Crippen LogP contribution in [0.2, 0.25) is 0 Å². The van der Waals surface area contributed by atoms with E-state index < -0.39 is 0 Å². The van der Waals surface area contributed by atoms with E-state index in [1.165, 1.54) is 23.9 Å². The van der Waals surface area contributed by atoms with Gasteiger partial charge in [-0.05, 0) is 43.0 Å². The van der Waals surface area contributed by atoms with Gasteiger partial charge >= 0.3 is 0 Å². The lowest BCUT2D eigenvalue weighted by atomic mass is 10.1. The van der Waals surface area contributed by atoms with Crippen LogP contribution in [0.1, 0.15) is 12.0 Å². The van der Waals surface area contributed by atoms with Crippen LogP contribution in [0.15, 0.2) is 55.3 Å². The van der Waals surface area contributed by atoms with Gasteiger partial charge in [0.15, 0.2) is 0 Å². The van der Waals surface area contributed by atoms with E-state index in [2.05, 4.69) is 40.8 Å². The Bertz CT molecular complexity index is 695. The maximum Gasteiger partial charge on any atom is 0.0960 e. The highest BCUT2D eigenvalue weighted by atomic mass is 32.2. The van der Waals surface area contributed by atoms with Gasteiger partial charge in [0.05, 0.1) is 10.7 Å². The zero-order valence-electron chi connectivity index (χ0n) is 14.0. The molecule has 2 saturated heterocycles. The lowest BCUT2D eigenvalue weighted by Crippen LogP contribution is -2.43. The Morgan fingerprint density at radius 2 is 2.29 bits per heavy atom. The third-order valence-corrected chi connectivity index (χ3v) is 5.26. The Kier molecular flexibility index (Phi) is 5.11. The van der Waals surface area contributed by atoms with Crippen LogP contribution in [0.4, 0.5) is 11.4 Å². The van der Waals surface area contributed by atoms with Gasteiger partial charge in [0.2, 0.25) is 0 Å². The van der Waals surface area contributed by atoms with E-state index in [-0.39, 0.29) is 0 Å². The van der Waals surface area contributed by atoms with Gasteiger partial charge in [-0.2, -0.15) is 0 Å². The molecule has 126 valence electrons. The standard InChI is InChI=1S/C19H24N4S/c1-4-6-13(5-2)22-18-10-15(7-8-17(18)19(20)24-3)23-12-14-9-16(23)11-21-14/h4-8,10,14,16,20-22H,1-2,9,11-12H2,3H3/b13-6+,20-19?. The molecule has 0 saturated carbocycles. The summed E-state index contributed by atoms with van der Waals surface area (Å²) >= 11 is 1.44. The average Bonchev–Trinajstić information content (AvgIpc) is 3.24. The molecule has 2 bridgehead atoms. The highest BCUT2D eigenvalue weighted by molar-refractivity contribution is 8.13. The van der Waals surface area contributed by atoms with Crippen LogP contribution in [0.3, 0.4) is 0 Å². The zero-order valence-corrected chi connectivity index (χ0v) is 14.8. The first-order valence-corrected chi connectivity index (χ1v) is 9.38. The highest BCUT2D eigenvalue weighted by Crippen LogP contribution is 2.33. The molecule has 24 heavy (non-hydrogen) atoms. The van der Waals surface area contributed by atoms with Crippen LogP contribution in [0.25, 0.3) is 0 Å². The van der Waals surface area contributed by atoms with Gasteiger partial charge < -0.3 is 15.5 Å². The van der Waals surface area contributed by atoms with Crippen molar-refractivity contribution in [3.05, 3.63) is 60.8 Å². The largest absolute Gasteiger partial charge is 0.366 e. The first-order valence-electron chi connectivity index (χ1n) is 8.15. The number of nitrogens with one attached hydrogen (secondary N) is 3. The number of thioether (sulfide) groups is 1. The van der Waals surface area contributed by atoms with Crippen molar-refractivity contribution in [2.45, 2.75) is 18.5 Å². The second kappa shape index (κ2) is 7.28. The minimum Gasteiger partial charge on any atom is -0.366 e. The Hall–Kier alpha value is -1.98. The first kappa shape index (κ1) is 16.9. The summed E-state index contributed by atoms with van der Waals surface area (Å²) in [5, 5.41) is 15.7. The maximum atomic E-state index is 8.22. The van der Waals surface area contributed by atoms with Crippen molar-refractivity contribution < 1.29 is 0 Å². The molecule has 0 amide bonds. The van der Waals surface area contributed by atoms with Gasteiger partial charge in [0.1, 0.15) is 0 Å². The minimum atomic E-state index is 0.552. The molecular weight excluding hydrogens is 316 g/mol. The van der Waals surface area contributed by atoms with Crippen molar-refractivity contribution in [1.82, 2.24) is 5.32 Å². The number of rotatable bonds is 6. The fraction of sp³-hybridized carbons (Fsp3) is 0.316. The number of anilines is 2. The van der Waals surface area contributed by atoms with Gasteiger partial charge in [0, 0.05) is 42.1 Å². The molecule has 3 N–H and O–H groups in total. The van der Waals surface area contributed by atoms with E-state index in [1.807, 2.05) is 18.4 Å². The number of hydrogen-bond donors (Lipinski definition) is 3. The predicted octanol–water partition coefficient (Wildman–Crippen LogP) is 3.59. The number of piperazine rings is 1. The van der Waals surface area contributed by atoms with Gasteiger partial charge in [-0.3, -0.25) is 5.41 Å². The Balaban J connectivity index is 1.94. The van der Waals surface area contributed by atoms with E-state index in [0.29, 0.717) is 17.1 Å². The fourth-order valence-electron chi connectivity index (χ4n) is 3.44. The van der Waals surface area contributed by atoms with E-state index in [1.54, 1.807) is 12.2 Å². The zero-order chi connectivity index (χ0) is 17.1. The molecule has 4 nitrogen and oxygen atoms in total. The Labute approximate surface area is 148 Å². The molecule has 5 heteroatoms. The van der Waals surface area contributed by atoms with Crippen molar-refractivity contribution in [3.63, 3.8) is 0 Å². The first-order chi connectivity index (χ1) is 11.7. The Morgan fingerprint density at radius 3 is 2.88 bits per heavy atom. The summed E-state index contributed by atoms with van der Waals surface area (Å²) < 4.78 is 0. The van der Waals surface area contributed by atoms with Crippen molar-refractivity contribution >= 4 is 28.2 Å². The fourth-order valence-corrected chi connectivity index (χ4v) is 3.84. The van der Waals surface area contributed by atoms with E-state index >= 15 is 0 Å². The molecule has 0 aliphatic carbocycles. The summed E-state index contributed by atoms with van der Waals surface area (Å²) in [6, 6.07) is 7.53. The molecule has 2 unspecified atom stereocenters. The summed E-state index contributed by atoms with van der Waals surface area (Å²) in [6.45, 7) is 9.71. The van der Waals surface area contributed by atoms with E-state index in [9.17, 15) is 0 Å². The second-order valence-corrected chi connectivity index (χ2v) is 6.91. The van der Waals surface area contributed by atoms with Crippen molar-refractivity contribution in [1.29, 1.82) is 5.41 Å². The molecule has 1 aromatic rings. The molecule has 2 atom stereocenters. The predicted molar refractivity (Wildman–Crippen MR) is 106 cm³/mol. The minimum absolute atomic E-state index is 0.552. The summed E-state index contributed by atoms with van der Waals surface area (Å²) in [5.41, 5.74) is 3.94. The number of benzene rings is 1. The van der Waals surface area contributed by atoms with Crippen LogP contribution in [0.5, 0.6) is 0 Å². The Morgan fingerprint density at radius 1 is 1.46 bits per heavy atom. The van der Waals surface area contributed by atoms with Crippen LogP contribution >= 0.6 is 11.8 Å². The van der Waals surface area contributed by atoms with Gasteiger partial charge in [-0.1, -0.05) is 19.2 Å². The molecular formula is C19H24N4S. The quantitative estimate of drug-likeness (QED) is 0.421. The molecule has 1 aromatic carbocycles. The number of nitrogens with zero attached hydrogens (tertiary/aromatic N) is 1. The molecule has 2 heterocycles. The summed E-state index contributed by atoms with van der Waals surface area (Å²) in [7, 11) is 0. The average molecular weight is 340 g/mol. The summed E-state index contributed by atoms with van der Waals surface area (Å²) in [6.07, 6.45) is 8.54. The number of fused-ring (bicyclic) bond motifs is 2. The smallest absolute Gasteiger partial charge is 0.0960 e. The summed E-state index contributed by atoms with van der Waals surface area (Å²) in [4.78, 5) is 2.48. The van der Waals surface area contributed by atoms with Crippen LogP contribution in [-0.4, -0.2) is 36.5 Å². The second-order valence-electron chi connectivity index (χ2n) is 6.10. The monoisotopic (exact) mass is 340 g/mol. The van der Waals surface area contributed by atoms with Crippen molar-refractivity contribution in [2.75, 3.05) is 29.6 Å². The van der Waals surface area contributed by atoms with E-state index in [4.69, 9.17) is 5.41 Å². The van der Waals surface area contributed by atoms with Crippen LogP contribution in [-0.2, 0) is 0 Å². The lowest BCUT2D eigenvalue weighted by molar-refractivity contribution is 0.580. The molecule has 2 fully saturated rings. The molecule has 2 aliphatic heterocycles. The van der Waals surface area contributed by atoms with Crippen molar-refractivity contribution in [2.24, 2.45) is 0 Å². The van der Waals surface area contributed by atoms with Crippen molar-refractivity contribution in [3.8, 4) is 0 Å². The van der Waals surface area contributed by atoms with Gasteiger partial charge in [0.25, 0.3) is 0 Å². The SMILES string of the molecule is C=C/C=C(\C=C)Nc1cc(N2CC3CC2CN3)ccc1C(=N)SC. The van der Waals surface area contributed by atoms with Gasteiger partial charge in [-0.25, -0.2) is 0 Å². The molecule has 0 aromatic heterocycles. The maximum absolute atomic E-state index is 8.22. The van der Waals surface area contributed by atoms with Crippen LogP contribution in [0, 0.1) is 5.41 Å². The van der Waals surface area contributed by atoms with Gasteiger partial charge in [-0.15, -0.1) is 11.8 Å². The highest BCUT2D eigenvalue weighted by Gasteiger charge is 2.37. The summed E-state index contributed by atoms with van der Waals surface area (Å²) in [5.74, 6) is 0. The number of hydrogen-bond acceptors (Lipinski definition) is 5. The molecule has 0 spiro atoms. The third-order valence-electron chi connectivity index (χ3n) is 4.64. The molecule has 3 rings (SSSR count). The normalized spacial score (nSPS) is 22.5.